The summed E-state index contributed by atoms with van der Waals surface area (Å²) in [5, 5.41) is 0.226. The zero-order chi connectivity index (χ0) is 11.7. The summed E-state index contributed by atoms with van der Waals surface area (Å²) >= 11 is 5.58. The molecule has 0 heterocycles. The summed E-state index contributed by atoms with van der Waals surface area (Å²) < 4.78 is 39.5. The molecule has 82 valence electrons. The summed E-state index contributed by atoms with van der Waals surface area (Å²) in [6.45, 7) is 0. The molecule has 0 aliphatic carbocycles. The highest BCUT2D eigenvalue weighted by Crippen LogP contribution is 2.27. The van der Waals surface area contributed by atoms with E-state index in [9.17, 15) is 13.2 Å². The number of hydrogen-bond acceptors (Lipinski definition) is 0. The fourth-order valence-corrected chi connectivity index (χ4v) is 1.57. The van der Waals surface area contributed by atoms with Gasteiger partial charge in [-0.1, -0.05) is 11.6 Å². The zero-order valence-electron chi connectivity index (χ0n) is 7.98. The number of rotatable bonds is 1. The smallest absolute Gasteiger partial charge is 0.134 e. The van der Waals surface area contributed by atoms with E-state index in [2.05, 4.69) is 0 Å². The summed E-state index contributed by atoms with van der Waals surface area (Å²) in [5.74, 6) is -2.14. The van der Waals surface area contributed by atoms with E-state index in [-0.39, 0.29) is 16.1 Å². The highest BCUT2D eigenvalue weighted by atomic mass is 35.5. The first-order valence-corrected chi connectivity index (χ1v) is 4.86. The Morgan fingerprint density at radius 3 is 1.88 bits per heavy atom. The third-order valence-electron chi connectivity index (χ3n) is 2.15. The Labute approximate surface area is 95.3 Å². The summed E-state index contributed by atoms with van der Waals surface area (Å²) in [4.78, 5) is 0. The van der Waals surface area contributed by atoms with Crippen LogP contribution in [0.3, 0.4) is 0 Å². The zero-order valence-corrected chi connectivity index (χ0v) is 8.73. The average Bonchev–Trinajstić information content (AvgIpc) is 2.19. The van der Waals surface area contributed by atoms with Crippen molar-refractivity contribution in [3.05, 3.63) is 58.9 Å². The molecule has 0 aromatic heterocycles. The van der Waals surface area contributed by atoms with Crippen molar-refractivity contribution in [2.45, 2.75) is 0 Å². The lowest BCUT2D eigenvalue weighted by atomic mass is 10.0. The summed E-state index contributed by atoms with van der Waals surface area (Å²) in [6.07, 6.45) is 0. The molecule has 0 fully saturated rings. The quantitative estimate of drug-likeness (QED) is 0.694. The van der Waals surface area contributed by atoms with Gasteiger partial charge in [-0.3, -0.25) is 0 Å². The van der Waals surface area contributed by atoms with Crippen molar-refractivity contribution in [3.8, 4) is 11.1 Å². The molecule has 0 nitrogen and oxygen atoms in total. The molecule has 0 atom stereocenters. The maximum atomic E-state index is 13.5. The molecule has 0 saturated heterocycles. The maximum Gasteiger partial charge on any atom is 0.134 e. The molecule has 0 spiro atoms. The largest absolute Gasteiger partial charge is 0.207 e. The number of hydrogen-bond donors (Lipinski definition) is 0. The van der Waals surface area contributed by atoms with E-state index in [1.807, 2.05) is 0 Å². The topological polar surface area (TPSA) is 0 Å². The molecule has 0 bridgehead atoms. The molecule has 4 heteroatoms. The van der Waals surface area contributed by atoms with Crippen molar-refractivity contribution >= 4 is 11.6 Å². The van der Waals surface area contributed by atoms with Crippen LogP contribution < -0.4 is 0 Å². The highest BCUT2D eigenvalue weighted by Gasteiger charge is 2.10. The predicted octanol–water partition coefficient (Wildman–Crippen LogP) is 4.42. The molecule has 0 aliphatic heterocycles. The molecule has 16 heavy (non-hydrogen) atoms. The summed E-state index contributed by atoms with van der Waals surface area (Å²) in [7, 11) is 0. The van der Waals surface area contributed by atoms with Gasteiger partial charge in [0.25, 0.3) is 0 Å². The van der Waals surface area contributed by atoms with E-state index in [0.29, 0.717) is 6.07 Å². The van der Waals surface area contributed by atoms with Crippen LogP contribution in [0.5, 0.6) is 0 Å². The molecule has 0 N–H and O–H groups in total. The van der Waals surface area contributed by atoms with Gasteiger partial charge in [0.1, 0.15) is 17.5 Å². The Hall–Kier alpha value is -1.48. The minimum absolute atomic E-state index is 0.00978. The van der Waals surface area contributed by atoms with Crippen LogP contribution in [0.2, 0.25) is 5.02 Å². The second-order valence-corrected chi connectivity index (χ2v) is 3.68. The molecule has 0 aliphatic rings. The van der Waals surface area contributed by atoms with E-state index in [4.69, 9.17) is 11.6 Å². The molecule has 2 aromatic rings. The van der Waals surface area contributed by atoms with Crippen LogP contribution in [0, 0.1) is 17.5 Å². The van der Waals surface area contributed by atoms with Crippen LogP contribution in [0.15, 0.2) is 36.4 Å². The molecular weight excluding hydrogens is 237 g/mol. The van der Waals surface area contributed by atoms with Crippen LogP contribution in [0.1, 0.15) is 0 Å². The lowest BCUT2D eigenvalue weighted by molar-refractivity contribution is 0.582. The Bertz CT molecular complexity index is 488. The summed E-state index contributed by atoms with van der Waals surface area (Å²) in [6, 6.07) is 6.86. The van der Waals surface area contributed by atoms with Crippen LogP contribution in [0.25, 0.3) is 11.1 Å². The highest BCUT2D eigenvalue weighted by molar-refractivity contribution is 6.30. The normalized spacial score (nSPS) is 10.5. The van der Waals surface area contributed by atoms with Crippen molar-refractivity contribution in [2.75, 3.05) is 0 Å². The van der Waals surface area contributed by atoms with E-state index >= 15 is 0 Å². The van der Waals surface area contributed by atoms with Gasteiger partial charge < -0.3 is 0 Å². The number of benzene rings is 2. The molecule has 0 amide bonds. The average molecular weight is 243 g/mol. The van der Waals surface area contributed by atoms with Gasteiger partial charge in [0.15, 0.2) is 0 Å². The second-order valence-electron chi connectivity index (χ2n) is 3.25. The lowest BCUT2D eigenvalue weighted by Crippen LogP contribution is -1.89. The molecule has 0 radical (unpaired) electrons. The predicted molar refractivity (Wildman–Crippen MR) is 56.8 cm³/mol. The van der Waals surface area contributed by atoms with Gasteiger partial charge in [-0.2, -0.15) is 0 Å². The third kappa shape index (κ3) is 2.04. The van der Waals surface area contributed by atoms with Crippen molar-refractivity contribution in [1.82, 2.24) is 0 Å². The van der Waals surface area contributed by atoms with Gasteiger partial charge in [0, 0.05) is 22.2 Å². The van der Waals surface area contributed by atoms with Crippen LogP contribution in [-0.2, 0) is 0 Å². The third-order valence-corrected chi connectivity index (χ3v) is 2.39. The monoisotopic (exact) mass is 242 g/mol. The Balaban J connectivity index is 2.59. The van der Waals surface area contributed by atoms with Gasteiger partial charge in [0.2, 0.25) is 0 Å². The standard InChI is InChI=1S/C12H6ClF3/c13-7-1-3-9(11(15)5-7)10-4-2-8(14)6-12(10)16/h1-6H. The molecule has 0 unspecified atom stereocenters. The van der Waals surface area contributed by atoms with Gasteiger partial charge in [0.05, 0.1) is 0 Å². The van der Waals surface area contributed by atoms with Crippen molar-refractivity contribution in [1.29, 1.82) is 0 Å². The van der Waals surface area contributed by atoms with E-state index in [1.165, 1.54) is 18.2 Å². The first-order chi connectivity index (χ1) is 7.58. The molecule has 2 aromatic carbocycles. The first kappa shape index (κ1) is 11.0. The van der Waals surface area contributed by atoms with E-state index < -0.39 is 17.5 Å². The minimum atomic E-state index is -0.804. The van der Waals surface area contributed by atoms with E-state index in [0.717, 1.165) is 12.1 Å². The van der Waals surface area contributed by atoms with Gasteiger partial charge in [-0.05, 0) is 30.3 Å². The fraction of sp³-hybridized carbons (Fsp3) is 0. The number of halogens is 4. The molecule has 2 rings (SSSR count). The SMILES string of the molecule is Fc1ccc(-c2ccc(Cl)cc2F)c(F)c1. The first-order valence-electron chi connectivity index (χ1n) is 4.48. The van der Waals surface area contributed by atoms with Crippen molar-refractivity contribution < 1.29 is 13.2 Å². The fourth-order valence-electron chi connectivity index (χ4n) is 1.42. The lowest BCUT2D eigenvalue weighted by Gasteiger charge is -2.05. The Morgan fingerprint density at radius 1 is 0.750 bits per heavy atom. The summed E-state index contributed by atoms with van der Waals surface area (Å²) in [5.41, 5.74) is 0.0671. The minimum Gasteiger partial charge on any atom is -0.207 e. The maximum absolute atomic E-state index is 13.5. The van der Waals surface area contributed by atoms with Crippen molar-refractivity contribution in [3.63, 3.8) is 0 Å². The molecular formula is C12H6ClF3. The van der Waals surface area contributed by atoms with Gasteiger partial charge in [-0.15, -0.1) is 0 Å². The van der Waals surface area contributed by atoms with Gasteiger partial charge >= 0.3 is 0 Å². The van der Waals surface area contributed by atoms with Gasteiger partial charge in [-0.25, -0.2) is 13.2 Å². The van der Waals surface area contributed by atoms with Crippen LogP contribution >= 0.6 is 11.6 Å². The second kappa shape index (κ2) is 4.18. The Kier molecular flexibility index (Phi) is 2.88. The van der Waals surface area contributed by atoms with Crippen LogP contribution in [-0.4, -0.2) is 0 Å². The Morgan fingerprint density at radius 2 is 1.31 bits per heavy atom. The van der Waals surface area contributed by atoms with E-state index in [1.54, 1.807) is 0 Å². The molecule has 0 saturated carbocycles. The van der Waals surface area contributed by atoms with Crippen molar-refractivity contribution in [2.24, 2.45) is 0 Å². The van der Waals surface area contributed by atoms with Crippen LogP contribution in [0.4, 0.5) is 13.2 Å².